The van der Waals surface area contributed by atoms with Gasteiger partial charge in [-0.05, 0) is 18.6 Å². The molecule has 3 heteroatoms. The summed E-state index contributed by atoms with van der Waals surface area (Å²) in [4.78, 5) is 11.9. The van der Waals surface area contributed by atoms with Crippen LogP contribution in [0.4, 0.5) is 0 Å². The average molecular weight is 220 g/mol. The maximum absolute atomic E-state index is 11.9. The normalized spacial score (nSPS) is 13.9. The third-order valence-electron chi connectivity index (χ3n) is 2.80. The number of Topliss-reactive ketones (excluding diaryl/α,β-unsaturated/α-hetero) is 1. The third-order valence-corrected chi connectivity index (χ3v) is 2.80. The maximum atomic E-state index is 11.9. The molecule has 1 atom stereocenters. The summed E-state index contributed by atoms with van der Waals surface area (Å²) in [5.74, 6) is 1.18. The van der Waals surface area contributed by atoms with Crippen LogP contribution in [0.3, 0.4) is 0 Å². The van der Waals surface area contributed by atoms with Crippen molar-refractivity contribution in [3.8, 4) is 11.5 Å². The Hall–Kier alpha value is -1.35. The van der Waals surface area contributed by atoms with Gasteiger partial charge in [0.15, 0.2) is 17.3 Å². The summed E-state index contributed by atoms with van der Waals surface area (Å²) in [5, 5.41) is 9.74. The van der Waals surface area contributed by atoms with Crippen molar-refractivity contribution < 1.29 is 14.6 Å². The van der Waals surface area contributed by atoms with Crippen molar-refractivity contribution in [3.05, 3.63) is 23.8 Å². The van der Waals surface area contributed by atoms with Crippen molar-refractivity contribution in [2.75, 3.05) is 0 Å². The fraction of sp³-hybridized carbons (Fsp3) is 0.462. The molecular formula is C13H16O3. The van der Waals surface area contributed by atoms with Gasteiger partial charge in [-0.2, -0.15) is 0 Å². The minimum atomic E-state index is -0.887. The topological polar surface area (TPSA) is 49.8 Å². The van der Waals surface area contributed by atoms with Crippen LogP contribution in [0.2, 0.25) is 0 Å². The van der Waals surface area contributed by atoms with Crippen LogP contribution < -0.4 is 4.74 Å². The molecule has 0 radical (unpaired) electrons. The van der Waals surface area contributed by atoms with Crippen molar-refractivity contribution >= 4 is 5.78 Å². The molecule has 1 aromatic carbocycles. The number of aliphatic hydroxyl groups is 1. The Morgan fingerprint density at radius 1 is 1.44 bits per heavy atom. The molecule has 1 aromatic rings. The van der Waals surface area contributed by atoms with Gasteiger partial charge >= 0.3 is 0 Å². The summed E-state index contributed by atoms with van der Waals surface area (Å²) in [6.45, 7) is 2.10. The van der Waals surface area contributed by atoms with Crippen molar-refractivity contribution in [2.45, 2.75) is 38.7 Å². The van der Waals surface area contributed by atoms with Gasteiger partial charge in [-0.1, -0.05) is 32.3 Å². The van der Waals surface area contributed by atoms with Crippen LogP contribution in [0, 0.1) is 0 Å². The third kappa shape index (κ3) is 2.25. The van der Waals surface area contributed by atoms with E-state index in [0.29, 0.717) is 17.7 Å². The monoisotopic (exact) mass is 220 g/mol. The minimum absolute atomic E-state index is 0.217. The number of hydrogen-bond acceptors (Lipinski definition) is 3. The predicted octanol–water partition coefficient (Wildman–Crippen LogP) is 2.92. The second-order valence-corrected chi connectivity index (χ2v) is 4.11. The standard InChI is InChI=1S/C13H16O3/c1-2-3-4-7-10(14)12(15)9-6-5-8-11-13(9)16-11/h5-6,8,10,14H,2-4,7H2,1H3. The molecular weight excluding hydrogens is 204 g/mol. The summed E-state index contributed by atoms with van der Waals surface area (Å²) in [6, 6.07) is 5.30. The summed E-state index contributed by atoms with van der Waals surface area (Å²) in [6.07, 6.45) is 2.68. The van der Waals surface area contributed by atoms with E-state index < -0.39 is 6.10 Å². The van der Waals surface area contributed by atoms with E-state index in [2.05, 4.69) is 6.92 Å². The Bertz CT molecular complexity index is 398. The molecule has 0 bridgehead atoms. The van der Waals surface area contributed by atoms with Crippen LogP contribution >= 0.6 is 0 Å². The van der Waals surface area contributed by atoms with Gasteiger partial charge < -0.3 is 9.84 Å². The van der Waals surface area contributed by atoms with Crippen molar-refractivity contribution in [2.24, 2.45) is 0 Å². The second-order valence-electron chi connectivity index (χ2n) is 4.11. The van der Waals surface area contributed by atoms with Gasteiger partial charge in [0.25, 0.3) is 0 Å². The Balaban J connectivity index is 1.95. The van der Waals surface area contributed by atoms with Crippen LogP contribution in [-0.4, -0.2) is 17.0 Å². The number of ether oxygens (including phenoxy) is 1. The van der Waals surface area contributed by atoms with E-state index in [1.807, 2.05) is 6.07 Å². The van der Waals surface area contributed by atoms with E-state index in [1.54, 1.807) is 12.1 Å². The highest BCUT2D eigenvalue weighted by Crippen LogP contribution is 2.48. The Morgan fingerprint density at radius 3 is 3.00 bits per heavy atom. The largest absolute Gasteiger partial charge is 0.449 e. The van der Waals surface area contributed by atoms with Gasteiger partial charge in [-0.3, -0.25) is 4.79 Å². The molecule has 86 valence electrons. The molecule has 1 unspecified atom stereocenters. The molecule has 1 aliphatic heterocycles. The van der Waals surface area contributed by atoms with Crippen LogP contribution in [0.5, 0.6) is 11.5 Å². The van der Waals surface area contributed by atoms with E-state index in [4.69, 9.17) is 4.74 Å². The van der Waals surface area contributed by atoms with E-state index in [1.165, 1.54) is 0 Å². The quantitative estimate of drug-likeness (QED) is 0.462. The molecule has 1 aliphatic rings. The first kappa shape index (κ1) is 11.1. The van der Waals surface area contributed by atoms with Crippen molar-refractivity contribution in [3.63, 3.8) is 0 Å². The second kappa shape index (κ2) is 4.66. The molecule has 0 saturated carbocycles. The first-order chi connectivity index (χ1) is 7.74. The SMILES string of the molecule is CCCCCC(O)C(=O)c1cccc2c1O2. The summed E-state index contributed by atoms with van der Waals surface area (Å²) in [7, 11) is 0. The zero-order valence-electron chi connectivity index (χ0n) is 9.40. The lowest BCUT2D eigenvalue weighted by atomic mass is 10.0. The van der Waals surface area contributed by atoms with E-state index >= 15 is 0 Å². The van der Waals surface area contributed by atoms with Gasteiger partial charge in [0.05, 0.1) is 5.56 Å². The lowest BCUT2D eigenvalue weighted by Crippen LogP contribution is -2.19. The Kier molecular flexibility index (Phi) is 3.25. The first-order valence-corrected chi connectivity index (χ1v) is 5.77. The fourth-order valence-corrected chi connectivity index (χ4v) is 1.78. The van der Waals surface area contributed by atoms with Gasteiger partial charge in [0, 0.05) is 0 Å². The van der Waals surface area contributed by atoms with E-state index in [0.717, 1.165) is 25.0 Å². The fourth-order valence-electron chi connectivity index (χ4n) is 1.78. The van der Waals surface area contributed by atoms with Gasteiger partial charge in [-0.15, -0.1) is 0 Å². The van der Waals surface area contributed by atoms with E-state index in [-0.39, 0.29) is 5.78 Å². The zero-order valence-corrected chi connectivity index (χ0v) is 9.40. The highest BCUT2D eigenvalue weighted by molar-refractivity contribution is 6.03. The Morgan fingerprint density at radius 2 is 2.25 bits per heavy atom. The lowest BCUT2D eigenvalue weighted by molar-refractivity contribution is 0.0725. The van der Waals surface area contributed by atoms with Gasteiger partial charge in [0.1, 0.15) is 6.10 Å². The predicted molar refractivity (Wildman–Crippen MR) is 61.0 cm³/mol. The van der Waals surface area contributed by atoms with Crippen LogP contribution in [0.1, 0.15) is 43.0 Å². The van der Waals surface area contributed by atoms with Gasteiger partial charge in [-0.25, -0.2) is 0 Å². The summed E-state index contributed by atoms with van der Waals surface area (Å²) in [5.41, 5.74) is 0.515. The summed E-state index contributed by atoms with van der Waals surface area (Å²) < 4.78 is 5.13. The van der Waals surface area contributed by atoms with E-state index in [9.17, 15) is 9.90 Å². The van der Waals surface area contributed by atoms with Crippen molar-refractivity contribution in [1.82, 2.24) is 0 Å². The molecule has 0 amide bonds. The average Bonchev–Trinajstić information content (AvgIpc) is 3.06. The first-order valence-electron chi connectivity index (χ1n) is 5.77. The highest BCUT2D eigenvalue weighted by atomic mass is 16.6. The molecule has 0 fully saturated rings. The lowest BCUT2D eigenvalue weighted by Gasteiger charge is -2.07. The molecule has 2 rings (SSSR count). The molecule has 0 spiro atoms. The van der Waals surface area contributed by atoms with Gasteiger partial charge in [0.2, 0.25) is 0 Å². The molecule has 3 nitrogen and oxygen atoms in total. The number of carbonyl (C=O) groups is 1. The number of para-hydroxylation sites is 1. The number of rotatable bonds is 6. The van der Waals surface area contributed by atoms with Crippen LogP contribution in [-0.2, 0) is 0 Å². The van der Waals surface area contributed by atoms with Crippen molar-refractivity contribution in [1.29, 1.82) is 0 Å². The minimum Gasteiger partial charge on any atom is -0.449 e. The van der Waals surface area contributed by atoms with Crippen LogP contribution in [0.15, 0.2) is 18.2 Å². The zero-order chi connectivity index (χ0) is 11.5. The molecule has 1 N–H and O–H groups in total. The number of fused-ring (bicyclic) bond motifs is 1. The highest BCUT2D eigenvalue weighted by Gasteiger charge is 2.30. The number of hydrogen-bond donors (Lipinski definition) is 1. The smallest absolute Gasteiger partial charge is 0.195 e. The number of aliphatic hydroxyl groups excluding tert-OH is 1. The molecule has 0 saturated heterocycles. The molecule has 0 aromatic heterocycles. The number of ketones is 1. The number of carbonyl (C=O) groups excluding carboxylic acids is 1. The number of benzene rings is 1. The summed E-state index contributed by atoms with van der Waals surface area (Å²) >= 11 is 0. The Labute approximate surface area is 95.0 Å². The maximum Gasteiger partial charge on any atom is 0.195 e. The molecule has 1 heterocycles. The van der Waals surface area contributed by atoms with Crippen LogP contribution in [0.25, 0.3) is 0 Å². The molecule has 0 aliphatic carbocycles. The number of unbranched alkanes of at least 4 members (excludes halogenated alkanes) is 2. The molecule has 16 heavy (non-hydrogen) atoms.